The highest BCUT2D eigenvalue weighted by atomic mass is 15.5. The van der Waals surface area contributed by atoms with Gasteiger partial charge in [0.05, 0.1) is 23.3 Å². The van der Waals surface area contributed by atoms with Crippen molar-refractivity contribution >= 4 is 5.95 Å². The Morgan fingerprint density at radius 3 is 2.17 bits per heavy atom. The number of rotatable bonds is 3. The Bertz CT molecular complexity index is 963. The van der Waals surface area contributed by atoms with E-state index >= 15 is 0 Å². The summed E-state index contributed by atoms with van der Waals surface area (Å²) in [5, 5.41) is 8.79. The molecule has 2 aromatic carbocycles. The van der Waals surface area contributed by atoms with E-state index in [2.05, 4.69) is 20.2 Å². The zero-order valence-corrected chi connectivity index (χ0v) is 12.7. The van der Waals surface area contributed by atoms with Crippen molar-refractivity contribution in [3.05, 3.63) is 72.9 Å². The maximum atomic E-state index is 5.87. The first-order valence-electron chi connectivity index (χ1n) is 7.48. The maximum Gasteiger partial charge on any atom is 0.221 e. The second kappa shape index (κ2) is 5.92. The van der Waals surface area contributed by atoms with Gasteiger partial charge >= 0.3 is 0 Å². The van der Waals surface area contributed by atoms with Crippen molar-refractivity contribution in [3.8, 4) is 28.3 Å². The van der Waals surface area contributed by atoms with Gasteiger partial charge in [-0.25, -0.2) is 9.97 Å². The van der Waals surface area contributed by atoms with Crippen molar-refractivity contribution in [1.82, 2.24) is 25.0 Å². The van der Waals surface area contributed by atoms with Gasteiger partial charge in [-0.2, -0.15) is 9.90 Å². The van der Waals surface area contributed by atoms with E-state index in [1.807, 2.05) is 66.7 Å². The largest absolute Gasteiger partial charge is 0.368 e. The van der Waals surface area contributed by atoms with Gasteiger partial charge in [0, 0.05) is 5.56 Å². The maximum absolute atomic E-state index is 5.87. The minimum Gasteiger partial charge on any atom is -0.368 e. The Morgan fingerprint density at radius 1 is 0.750 bits per heavy atom. The molecule has 4 aromatic rings. The van der Waals surface area contributed by atoms with Crippen LogP contribution in [0.1, 0.15) is 0 Å². The summed E-state index contributed by atoms with van der Waals surface area (Å²) >= 11 is 0. The van der Waals surface area contributed by atoms with Crippen LogP contribution in [0.5, 0.6) is 0 Å². The third-order valence-electron chi connectivity index (χ3n) is 3.55. The molecule has 2 N–H and O–H groups in total. The summed E-state index contributed by atoms with van der Waals surface area (Å²) in [5.41, 5.74) is 9.78. The van der Waals surface area contributed by atoms with E-state index in [1.165, 1.54) is 0 Å². The number of anilines is 1. The van der Waals surface area contributed by atoms with Crippen LogP contribution >= 0.6 is 0 Å². The standard InChI is InChI=1S/C18H14N6/c19-18-21-15(13-7-3-1-4-8-13)11-16(22-18)17-12-20-24(23-17)14-9-5-2-6-10-14/h1-12H,(H2,19,21,22). The Hall–Kier alpha value is -3.54. The van der Waals surface area contributed by atoms with Crippen LogP contribution in [0.2, 0.25) is 0 Å². The minimum atomic E-state index is 0.209. The fourth-order valence-electron chi connectivity index (χ4n) is 2.42. The molecule has 0 aliphatic rings. The predicted octanol–water partition coefficient (Wildman–Crippen LogP) is 2.97. The van der Waals surface area contributed by atoms with Crippen LogP contribution in [0.25, 0.3) is 28.3 Å². The summed E-state index contributed by atoms with van der Waals surface area (Å²) in [6, 6.07) is 21.4. The highest BCUT2D eigenvalue weighted by molar-refractivity contribution is 5.66. The van der Waals surface area contributed by atoms with E-state index < -0.39 is 0 Å². The second-order valence-corrected chi connectivity index (χ2v) is 5.22. The number of aromatic nitrogens is 5. The molecule has 0 saturated heterocycles. The first-order chi connectivity index (χ1) is 11.8. The number of para-hydroxylation sites is 1. The average molecular weight is 314 g/mol. The van der Waals surface area contributed by atoms with Crippen molar-refractivity contribution in [2.45, 2.75) is 0 Å². The quantitative estimate of drug-likeness (QED) is 0.628. The molecule has 0 bridgehead atoms. The molecule has 0 unspecified atom stereocenters. The number of hydrogen-bond acceptors (Lipinski definition) is 5. The molecule has 0 radical (unpaired) electrons. The van der Waals surface area contributed by atoms with Crippen molar-refractivity contribution in [2.24, 2.45) is 0 Å². The first-order valence-corrected chi connectivity index (χ1v) is 7.48. The molecule has 116 valence electrons. The Balaban J connectivity index is 1.75. The van der Waals surface area contributed by atoms with Crippen molar-refractivity contribution < 1.29 is 0 Å². The summed E-state index contributed by atoms with van der Waals surface area (Å²) in [6.45, 7) is 0. The second-order valence-electron chi connectivity index (χ2n) is 5.22. The van der Waals surface area contributed by atoms with E-state index in [0.717, 1.165) is 16.9 Å². The van der Waals surface area contributed by atoms with Gasteiger partial charge in [-0.1, -0.05) is 48.5 Å². The summed E-state index contributed by atoms with van der Waals surface area (Å²) in [4.78, 5) is 10.2. The lowest BCUT2D eigenvalue weighted by molar-refractivity contribution is 0.753. The monoisotopic (exact) mass is 314 g/mol. The van der Waals surface area contributed by atoms with E-state index in [0.29, 0.717) is 11.4 Å². The lowest BCUT2D eigenvalue weighted by Crippen LogP contribution is -2.00. The third-order valence-corrected chi connectivity index (χ3v) is 3.55. The highest BCUT2D eigenvalue weighted by Crippen LogP contribution is 2.23. The van der Waals surface area contributed by atoms with Crippen LogP contribution in [0.3, 0.4) is 0 Å². The van der Waals surface area contributed by atoms with Crippen LogP contribution in [-0.4, -0.2) is 25.0 Å². The molecule has 24 heavy (non-hydrogen) atoms. The van der Waals surface area contributed by atoms with Gasteiger partial charge in [-0.3, -0.25) is 0 Å². The van der Waals surface area contributed by atoms with E-state index in [1.54, 1.807) is 11.0 Å². The van der Waals surface area contributed by atoms with Crippen LogP contribution in [0.4, 0.5) is 5.95 Å². The minimum absolute atomic E-state index is 0.209. The van der Waals surface area contributed by atoms with Crippen molar-refractivity contribution in [2.75, 3.05) is 5.73 Å². The predicted molar refractivity (Wildman–Crippen MR) is 92.2 cm³/mol. The first kappa shape index (κ1) is 14.1. The fourth-order valence-corrected chi connectivity index (χ4v) is 2.42. The lowest BCUT2D eigenvalue weighted by Gasteiger charge is -2.04. The molecular weight excluding hydrogens is 300 g/mol. The summed E-state index contributed by atoms with van der Waals surface area (Å²) in [6.07, 6.45) is 1.67. The zero-order chi connectivity index (χ0) is 16.4. The zero-order valence-electron chi connectivity index (χ0n) is 12.7. The molecule has 4 rings (SSSR count). The molecule has 2 heterocycles. The number of nitrogens with zero attached hydrogens (tertiary/aromatic N) is 5. The van der Waals surface area contributed by atoms with Crippen molar-refractivity contribution in [3.63, 3.8) is 0 Å². The molecule has 0 aliphatic heterocycles. The SMILES string of the molecule is Nc1nc(-c2ccccc2)cc(-c2cnn(-c3ccccc3)n2)n1. The van der Waals surface area contributed by atoms with Crippen LogP contribution in [-0.2, 0) is 0 Å². The average Bonchev–Trinajstić information content (AvgIpc) is 3.13. The molecule has 0 fully saturated rings. The molecule has 0 atom stereocenters. The van der Waals surface area contributed by atoms with E-state index in [4.69, 9.17) is 5.73 Å². The smallest absolute Gasteiger partial charge is 0.221 e. The Labute approximate surface area is 138 Å². The molecule has 0 spiro atoms. The van der Waals surface area contributed by atoms with Crippen LogP contribution in [0.15, 0.2) is 72.9 Å². The van der Waals surface area contributed by atoms with Crippen LogP contribution < -0.4 is 5.73 Å². The molecule has 6 heteroatoms. The van der Waals surface area contributed by atoms with Gasteiger partial charge in [-0.05, 0) is 18.2 Å². The summed E-state index contributed by atoms with van der Waals surface area (Å²) in [5.74, 6) is 0.209. The van der Waals surface area contributed by atoms with Gasteiger partial charge in [-0.15, -0.1) is 5.10 Å². The summed E-state index contributed by atoms with van der Waals surface area (Å²) in [7, 11) is 0. The van der Waals surface area contributed by atoms with Gasteiger partial charge < -0.3 is 5.73 Å². The number of nitrogens with two attached hydrogens (primary N) is 1. The fraction of sp³-hybridized carbons (Fsp3) is 0. The lowest BCUT2D eigenvalue weighted by atomic mass is 10.1. The number of nitrogen functional groups attached to an aromatic ring is 1. The van der Waals surface area contributed by atoms with Gasteiger partial charge in [0.2, 0.25) is 5.95 Å². The van der Waals surface area contributed by atoms with E-state index in [9.17, 15) is 0 Å². The Morgan fingerprint density at radius 2 is 1.42 bits per heavy atom. The molecule has 0 saturated carbocycles. The topological polar surface area (TPSA) is 82.5 Å². The Kier molecular flexibility index (Phi) is 3.47. The van der Waals surface area contributed by atoms with Gasteiger partial charge in [0.25, 0.3) is 0 Å². The molecule has 0 amide bonds. The molecule has 6 nitrogen and oxygen atoms in total. The summed E-state index contributed by atoms with van der Waals surface area (Å²) < 4.78 is 0. The highest BCUT2D eigenvalue weighted by Gasteiger charge is 2.10. The number of hydrogen-bond donors (Lipinski definition) is 1. The van der Waals surface area contributed by atoms with Crippen molar-refractivity contribution in [1.29, 1.82) is 0 Å². The van der Waals surface area contributed by atoms with Gasteiger partial charge in [0.15, 0.2) is 0 Å². The molecular formula is C18H14N6. The normalized spacial score (nSPS) is 10.7. The van der Waals surface area contributed by atoms with Crippen LogP contribution in [0, 0.1) is 0 Å². The molecule has 0 aliphatic carbocycles. The molecule has 2 aromatic heterocycles. The van der Waals surface area contributed by atoms with E-state index in [-0.39, 0.29) is 5.95 Å². The van der Waals surface area contributed by atoms with Gasteiger partial charge in [0.1, 0.15) is 5.69 Å². The third kappa shape index (κ3) is 2.72. The number of benzene rings is 2.